The summed E-state index contributed by atoms with van der Waals surface area (Å²) in [6.45, 7) is 7.87. The molecule has 0 aliphatic rings. The van der Waals surface area contributed by atoms with Crippen LogP contribution in [0.2, 0.25) is 0 Å². The van der Waals surface area contributed by atoms with Crippen LogP contribution in [0.4, 0.5) is 0 Å². The Bertz CT molecular complexity index is 309. The van der Waals surface area contributed by atoms with Crippen molar-refractivity contribution < 1.29 is 0 Å². The van der Waals surface area contributed by atoms with Crippen LogP contribution in [-0.4, -0.2) is 6.54 Å². The molecule has 0 bridgehead atoms. The van der Waals surface area contributed by atoms with Crippen molar-refractivity contribution in [1.82, 2.24) is 5.32 Å². The first kappa shape index (κ1) is 13.7. The van der Waals surface area contributed by atoms with Crippen molar-refractivity contribution in [2.45, 2.75) is 39.7 Å². The lowest BCUT2D eigenvalue weighted by molar-refractivity contribution is 0.497. The van der Waals surface area contributed by atoms with Gasteiger partial charge in [0.2, 0.25) is 0 Å². The van der Waals surface area contributed by atoms with Crippen LogP contribution in [0.5, 0.6) is 0 Å². The van der Waals surface area contributed by atoms with E-state index >= 15 is 0 Å². The van der Waals surface area contributed by atoms with Crippen molar-refractivity contribution >= 4 is 15.9 Å². The number of rotatable bonds is 6. The van der Waals surface area contributed by atoms with Gasteiger partial charge in [-0.25, -0.2) is 0 Å². The molecule has 1 N–H and O–H groups in total. The van der Waals surface area contributed by atoms with Crippen LogP contribution in [0.15, 0.2) is 28.7 Å². The first-order valence-corrected chi connectivity index (χ1v) is 6.87. The van der Waals surface area contributed by atoms with Crippen LogP contribution in [0.25, 0.3) is 0 Å². The number of halogens is 1. The molecular weight excluding hydrogens is 262 g/mol. The average Bonchev–Trinajstić information content (AvgIpc) is 2.24. The summed E-state index contributed by atoms with van der Waals surface area (Å²) < 4.78 is 1.15. The van der Waals surface area contributed by atoms with E-state index in [1.54, 1.807) is 0 Å². The summed E-state index contributed by atoms with van der Waals surface area (Å²) in [6.07, 6.45) is 2.56. The third-order valence-corrected chi connectivity index (χ3v) is 3.25. The Labute approximate surface area is 108 Å². The molecule has 1 rings (SSSR count). The van der Waals surface area contributed by atoms with Crippen molar-refractivity contribution in [1.29, 1.82) is 0 Å². The van der Waals surface area contributed by atoms with Crippen molar-refractivity contribution in [3.8, 4) is 0 Å². The zero-order chi connectivity index (χ0) is 12.0. The standard InChI is InChI=1S/C14H22BrN/c1-11(2)6-5-9-16-12(3)13-7-4-8-14(15)10-13/h4,7-8,10-12,16H,5-6,9H2,1-3H3/t12-/m0/s1. The Morgan fingerprint density at radius 3 is 2.62 bits per heavy atom. The Balaban J connectivity index is 2.32. The maximum absolute atomic E-state index is 3.56. The van der Waals surface area contributed by atoms with Gasteiger partial charge in [-0.05, 0) is 49.9 Å². The van der Waals surface area contributed by atoms with E-state index in [9.17, 15) is 0 Å². The van der Waals surface area contributed by atoms with Gasteiger partial charge in [0.15, 0.2) is 0 Å². The molecule has 2 heteroatoms. The van der Waals surface area contributed by atoms with Crippen LogP contribution in [0.3, 0.4) is 0 Å². The monoisotopic (exact) mass is 283 g/mol. The number of nitrogens with one attached hydrogen (secondary N) is 1. The van der Waals surface area contributed by atoms with Gasteiger partial charge in [0.05, 0.1) is 0 Å². The maximum Gasteiger partial charge on any atom is 0.0292 e. The molecule has 1 atom stereocenters. The molecule has 0 aliphatic carbocycles. The molecule has 0 spiro atoms. The fourth-order valence-electron chi connectivity index (χ4n) is 1.72. The van der Waals surface area contributed by atoms with Crippen LogP contribution in [-0.2, 0) is 0 Å². The van der Waals surface area contributed by atoms with Crippen molar-refractivity contribution in [3.05, 3.63) is 34.3 Å². The zero-order valence-corrected chi connectivity index (χ0v) is 12.0. The SMILES string of the molecule is CC(C)CCCN[C@@H](C)c1cccc(Br)c1. The Morgan fingerprint density at radius 1 is 1.25 bits per heavy atom. The van der Waals surface area contributed by atoms with Crippen LogP contribution >= 0.6 is 15.9 Å². The van der Waals surface area contributed by atoms with E-state index in [1.165, 1.54) is 18.4 Å². The van der Waals surface area contributed by atoms with Gasteiger partial charge in [-0.3, -0.25) is 0 Å². The van der Waals surface area contributed by atoms with Gasteiger partial charge in [0.25, 0.3) is 0 Å². The summed E-state index contributed by atoms with van der Waals surface area (Å²) >= 11 is 3.50. The van der Waals surface area contributed by atoms with Gasteiger partial charge in [0, 0.05) is 10.5 Å². The van der Waals surface area contributed by atoms with E-state index in [4.69, 9.17) is 0 Å². The Morgan fingerprint density at radius 2 is 2.00 bits per heavy atom. The lowest BCUT2D eigenvalue weighted by atomic mass is 10.1. The molecule has 0 heterocycles. The highest BCUT2D eigenvalue weighted by Crippen LogP contribution is 2.17. The topological polar surface area (TPSA) is 12.0 Å². The first-order chi connectivity index (χ1) is 7.59. The minimum Gasteiger partial charge on any atom is -0.310 e. The summed E-state index contributed by atoms with van der Waals surface area (Å²) in [7, 11) is 0. The molecule has 0 aromatic heterocycles. The average molecular weight is 284 g/mol. The predicted molar refractivity (Wildman–Crippen MR) is 74.6 cm³/mol. The summed E-state index contributed by atoms with van der Waals surface area (Å²) in [4.78, 5) is 0. The van der Waals surface area contributed by atoms with Gasteiger partial charge in [0.1, 0.15) is 0 Å². The molecule has 1 aromatic rings. The number of hydrogen-bond acceptors (Lipinski definition) is 1. The molecule has 0 saturated carbocycles. The fraction of sp³-hybridized carbons (Fsp3) is 0.571. The summed E-state index contributed by atoms with van der Waals surface area (Å²) in [5.41, 5.74) is 1.35. The third kappa shape index (κ3) is 5.13. The van der Waals surface area contributed by atoms with Gasteiger partial charge in [-0.1, -0.05) is 41.9 Å². The largest absolute Gasteiger partial charge is 0.310 e. The Hall–Kier alpha value is -0.340. The van der Waals surface area contributed by atoms with Crippen LogP contribution in [0.1, 0.15) is 45.2 Å². The minimum absolute atomic E-state index is 0.435. The molecule has 0 amide bonds. The van der Waals surface area contributed by atoms with Gasteiger partial charge >= 0.3 is 0 Å². The second-order valence-corrected chi connectivity index (χ2v) is 5.68. The third-order valence-electron chi connectivity index (χ3n) is 2.76. The smallest absolute Gasteiger partial charge is 0.0292 e. The highest BCUT2D eigenvalue weighted by molar-refractivity contribution is 9.10. The molecule has 0 saturated heterocycles. The molecule has 0 radical (unpaired) electrons. The van der Waals surface area contributed by atoms with Crippen molar-refractivity contribution in [3.63, 3.8) is 0 Å². The molecule has 90 valence electrons. The lowest BCUT2D eigenvalue weighted by Gasteiger charge is -2.15. The number of benzene rings is 1. The van der Waals surface area contributed by atoms with E-state index in [-0.39, 0.29) is 0 Å². The van der Waals surface area contributed by atoms with E-state index in [0.29, 0.717) is 6.04 Å². The first-order valence-electron chi connectivity index (χ1n) is 6.08. The van der Waals surface area contributed by atoms with Crippen LogP contribution in [0, 0.1) is 5.92 Å². The minimum atomic E-state index is 0.435. The Kier molecular flexibility index (Phi) is 6.07. The van der Waals surface area contributed by atoms with Crippen molar-refractivity contribution in [2.75, 3.05) is 6.54 Å². The van der Waals surface area contributed by atoms with Gasteiger partial charge in [-0.15, -0.1) is 0 Å². The zero-order valence-electron chi connectivity index (χ0n) is 10.5. The van der Waals surface area contributed by atoms with Crippen LogP contribution < -0.4 is 5.32 Å². The van der Waals surface area contributed by atoms with E-state index < -0.39 is 0 Å². The summed E-state index contributed by atoms with van der Waals surface area (Å²) in [5.74, 6) is 0.808. The van der Waals surface area contributed by atoms with E-state index in [1.807, 2.05) is 0 Å². The molecule has 0 fully saturated rings. The molecule has 0 aliphatic heterocycles. The van der Waals surface area contributed by atoms with Gasteiger partial charge in [-0.2, -0.15) is 0 Å². The van der Waals surface area contributed by atoms with E-state index in [0.717, 1.165) is 16.9 Å². The molecular formula is C14H22BrN. The molecule has 16 heavy (non-hydrogen) atoms. The quantitative estimate of drug-likeness (QED) is 0.756. The fourth-order valence-corrected chi connectivity index (χ4v) is 2.14. The highest BCUT2D eigenvalue weighted by atomic mass is 79.9. The van der Waals surface area contributed by atoms with Gasteiger partial charge < -0.3 is 5.32 Å². The lowest BCUT2D eigenvalue weighted by Crippen LogP contribution is -2.20. The molecule has 0 unspecified atom stereocenters. The predicted octanol–water partition coefficient (Wildman–Crippen LogP) is 4.54. The second-order valence-electron chi connectivity index (χ2n) is 4.77. The van der Waals surface area contributed by atoms with Crippen molar-refractivity contribution in [2.24, 2.45) is 5.92 Å². The maximum atomic E-state index is 3.56. The molecule has 1 aromatic carbocycles. The molecule has 1 nitrogen and oxygen atoms in total. The highest BCUT2D eigenvalue weighted by Gasteiger charge is 2.04. The summed E-state index contributed by atoms with van der Waals surface area (Å²) in [5, 5.41) is 3.56. The second kappa shape index (κ2) is 7.08. The van der Waals surface area contributed by atoms with E-state index in [2.05, 4.69) is 66.3 Å². The number of hydrogen-bond donors (Lipinski definition) is 1. The normalized spacial score (nSPS) is 13.1. The summed E-state index contributed by atoms with van der Waals surface area (Å²) in [6, 6.07) is 8.94.